The second kappa shape index (κ2) is 7.22. The van der Waals surface area contributed by atoms with Gasteiger partial charge in [-0.25, -0.2) is 4.98 Å². The van der Waals surface area contributed by atoms with Crippen molar-refractivity contribution in [2.75, 3.05) is 6.54 Å². The molecule has 0 bridgehead atoms. The van der Waals surface area contributed by atoms with Crippen LogP contribution in [-0.4, -0.2) is 28.4 Å². The molecule has 2 N–H and O–H groups in total. The van der Waals surface area contributed by atoms with Crippen LogP contribution < -0.4 is 5.73 Å². The molecule has 1 amide bonds. The highest BCUT2D eigenvalue weighted by Gasteiger charge is 2.30. The van der Waals surface area contributed by atoms with Gasteiger partial charge in [0.15, 0.2) is 0 Å². The first-order valence-corrected chi connectivity index (χ1v) is 7.47. The van der Waals surface area contributed by atoms with Gasteiger partial charge in [-0.05, 0) is 25.2 Å². The SMILES string of the molecule is CC(C)C1CCCCN1C(=O)c1csc(CN)n1.Cl. The Balaban J connectivity index is 0.00000180. The number of carbonyl (C=O) groups is 1. The van der Waals surface area contributed by atoms with Gasteiger partial charge in [0.2, 0.25) is 0 Å². The molecule has 1 unspecified atom stereocenters. The number of amides is 1. The van der Waals surface area contributed by atoms with E-state index < -0.39 is 0 Å². The number of piperidine rings is 1. The summed E-state index contributed by atoms with van der Waals surface area (Å²) in [6.45, 7) is 5.63. The van der Waals surface area contributed by atoms with E-state index in [4.69, 9.17) is 5.73 Å². The molecular formula is C13H22ClN3OS. The van der Waals surface area contributed by atoms with Crippen molar-refractivity contribution < 1.29 is 4.79 Å². The smallest absolute Gasteiger partial charge is 0.273 e. The summed E-state index contributed by atoms with van der Waals surface area (Å²) in [5.74, 6) is 0.575. The van der Waals surface area contributed by atoms with E-state index in [0.717, 1.165) is 24.4 Å². The molecule has 108 valence electrons. The molecule has 1 aromatic rings. The first kappa shape index (κ1) is 16.4. The van der Waals surface area contributed by atoms with Crippen LogP contribution in [0.5, 0.6) is 0 Å². The predicted molar refractivity (Wildman–Crippen MR) is 80.8 cm³/mol. The Morgan fingerprint density at radius 3 is 2.89 bits per heavy atom. The Kier molecular flexibility index (Phi) is 6.23. The topological polar surface area (TPSA) is 59.2 Å². The lowest BCUT2D eigenvalue weighted by Gasteiger charge is -2.37. The van der Waals surface area contributed by atoms with E-state index >= 15 is 0 Å². The summed E-state index contributed by atoms with van der Waals surface area (Å²) in [5.41, 5.74) is 6.10. The number of hydrogen-bond donors (Lipinski definition) is 1. The van der Waals surface area contributed by atoms with E-state index in [1.54, 1.807) is 0 Å². The predicted octanol–water partition coefficient (Wildman–Crippen LogP) is 2.67. The molecule has 1 aliphatic heterocycles. The van der Waals surface area contributed by atoms with Crippen LogP contribution in [0.4, 0.5) is 0 Å². The van der Waals surface area contributed by atoms with Crippen LogP contribution in [0.1, 0.15) is 48.6 Å². The number of hydrogen-bond acceptors (Lipinski definition) is 4. The summed E-state index contributed by atoms with van der Waals surface area (Å²) in [6, 6.07) is 0.356. The van der Waals surface area contributed by atoms with Crippen molar-refractivity contribution in [1.82, 2.24) is 9.88 Å². The molecule has 1 aliphatic rings. The molecule has 0 spiro atoms. The molecule has 0 saturated carbocycles. The maximum Gasteiger partial charge on any atom is 0.273 e. The quantitative estimate of drug-likeness (QED) is 0.934. The van der Waals surface area contributed by atoms with Crippen molar-refractivity contribution in [2.45, 2.75) is 45.7 Å². The molecule has 4 nitrogen and oxygen atoms in total. The highest BCUT2D eigenvalue weighted by molar-refractivity contribution is 7.09. The maximum absolute atomic E-state index is 12.5. The van der Waals surface area contributed by atoms with E-state index in [0.29, 0.717) is 24.2 Å². The normalized spacial score (nSPS) is 19.4. The number of likely N-dealkylation sites (tertiary alicyclic amines) is 1. The molecule has 19 heavy (non-hydrogen) atoms. The highest BCUT2D eigenvalue weighted by Crippen LogP contribution is 2.25. The molecule has 1 atom stereocenters. The number of halogens is 1. The minimum Gasteiger partial charge on any atom is -0.334 e. The fourth-order valence-electron chi connectivity index (χ4n) is 2.55. The van der Waals surface area contributed by atoms with Crippen LogP contribution in [0.2, 0.25) is 0 Å². The number of carbonyl (C=O) groups excluding carboxylic acids is 1. The Labute approximate surface area is 124 Å². The van der Waals surface area contributed by atoms with Crippen molar-refractivity contribution in [3.63, 3.8) is 0 Å². The zero-order valence-electron chi connectivity index (χ0n) is 11.5. The van der Waals surface area contributed by atoms with Crippen molar-refractivity contribution in [1.29, 1.82) is 0 Å². The molecular weight excluding hydrogens is 282 g/mol. The lowest BCUT2D eigenvalue weighted by molar-refractivity contribution is 0.0538. The lowest BCUT2D eigenvalue weighted by Crippen LogP contribution is -2.46. The van der Waals surface area contributed by atoms with Crippen molar-refractivity contribution in [3.8, 4) is 0 Å². The third kappa shape index (κ3) is 3.68. The molecule has 6 heteroatoms. The maximum atomic E-state index is 12.5. The molecule has 2 rings (SSSR count). The average Bonchev–Trinajstić information content (AvgIpc) is 2.86. The first-order valence-electron chi connectivity index (χ1n) is 6.59. The van der Waals surface area contributed by atoms with E-state index in [9.17, 15) is 4.79 Å². The Morgan fingerprint density at radius 1 is 1.58 bits per heavy atom. The van der Waals surface area contributed by atoms with Crippen LogP contribution in [-0.2, 0) is 6.54 Å². The van der Waals surface area contributed by atoms with Crippen LogP contribution >= 0.6 is 23.7 Å². The molecule has 1 saturated heterocycles. The second-order valence-electron chi connectivity index (χ2n) is 5.14. The van der Waals surface area contributed by atoms with E-state index in [-0.39, 0.29) is 18.3 Å². The third-order valence-electron chi connectivity index (χ3n) is 3.53. The molecule has 0 aromatic carbocycles. The van der Waals surface area contributed by atoms with Crippen molar-refractivity contribution >= 4 is 29.7 Å². The number of thiazole rings is 1. The summed E-state index contributed by atoms with van der Waals surface area (Å²) in [6.07, 6.45) is 3.43. The highest BCUT2D eigenvalue weighted by atomic mass is 35.5. The van der Waals surface area contributed by atoms with Crippen LogP contribution in [0, 0.1) is 5.92 Å². The Bertz CT molecular complexity index is 422. The van der Waals surface area contributed by atoms with Gasteiger partial charge in [-0.2, -0.15) is 0 Å². The lowest BCUT2D eigenvalue weighted by atomic mass is 9.92. The van der Waals surface area contributed by atoms with Gasteiger partial charge in [0, 0.05) is 24.5 Å². The van der Waals surface area contributed by atoms with Gasteiger partial charge in [0.05, 0.1) is 0 Å². The standard InChI is InChI=1S/C13H21N3OS.ClH/c1-9(2)11-5-3-4-6-16(11)13(17)10-8-18-12(7-14)15-10;/h8-9,11H,3-7,14H2,1-2H3;1H. The van der Waals surface area contributed by atoms with E-state index in [2.05, 4.69) is 18.8 Å². The molecule has 1 aromatic heterocycles. The van der Waals surface area contributed by atoms with Gasteiger partial charge >= 0.3 is 0 Å². The van der Waals surface area contributed by atoms with Gasteiger partial charge in [-0.3, -0.25) is 4.79 Å². The van der Waals surface area contributed by atoms with Crippen LogP contribution in [0.15, 0.2) is 5.38 Å². The monoisotopic (exact) mass is 303 g/mol. The van der Waals surface area contributed by atoms with Gasteiger partial charge < -0.3 is 10.6 Å². The van der Waals surface area contributed by atoms with Gasteiger partial charge in [0.25, 0.3) is 5.91 Å². The molecule has 1 fully saturated rings. The molecule has 2 heterocycles. The fraction of sp³-hybridized carbons (Fsp3) is 0.692. The zero-order chi connectivity index (χ0) is 13.1. The first-order chi connectivity index (χ1) is 8.63. The largest absolute Gasteiger partial charge is 0.334 e. The third-order valence-corrected chi connectivity index (χ3v) is 4.40. The number of aromatic nitrogens is 1. The fourth-order valence-corrected chi connectivity index (χ4v) is 3.20. The molecule has 0 radical (unpaired) electrons. The summed E-state index contributed by atoms with van der Waals surface area (Å²) in [7, 11) is 0. The minimum atomic E-state index is 0. The van der Waals surface area contributed by atoms with Crippen molar-refractivity contribution in [2.24, 2.45) is 11.7 Å². The summed E-state index contributed by atoms with van der Waals surface area (Å²) < 4.78 is 0. The summed E-state index contributed by atoms with van der Waals surface area (Å²) >= 11 is 1.47. The number of nitrogens with two attached hydrogens (primary N) is 1. The van der Waals surface area contributed by atoms with Gasteiger partial charge in [-0.15, -0.1) is 23.7 Å². The number of rotatable bonds is 3. The van der Waals surface area contributed by atoms with Gasteiger partial charge in [-0.1, -0.05) is 13.8 Å². The van der Waals surface area contributed by atoms with Crippen LogP contribution in [0.25, 0.3) is 0 Å². The number of nitrogens with zero attached hydrogens (tertiary/aromatic N) is 2. The second-order valence-corrected chi connectivity index (χ2v) is 6.08. The molecule has 0 aliphatic carbocycles. The summed E-state index contributed by atoms with van der Waals surface area (Å²) in [4.78, 5) is 18.8. The summed E-state index contributed by atoms with van der Waals surface area (Å²) in [5, 5.41) is 2.66. The minimum absolute atomic E-state index is 0. The van der Waals surface area contributed by atoms with E-state index in [1.807, 2.05) is 10.3 Å². The Morgan fingerprint density at radius 2 is 2.32 bits per heavy atom. The van der Waals surface area contributed by atoms with Crippen LogP contribution in [0.3, 0.4) is 0 Å². The Hall–Kier alpha value is -0.650. The van der Waals surface area contributed by atoms with Gasteiger partial charge in [0.1, 0.15) is 10.7 Å². The van der Waals surface area contributed by atoms with E-state index in [1.165, 1.54) is 17.8 Å². The van der Waals surface area contributed by atoms with Crippen molar-refractivity contribution in [3.05, 3.63) is 16.1 Å². The average molecular weight is 304 g/mol. The zero-order valence-corrected chi connectivity index (χ0v) is 13.1.